The van der Waals surface area contributed by atoms with E-state index in [2.05, 4.69) is 31.5 Å². The molecule has 38 heavy (non-hydrogen) atoms. The summed E-state index contributed by atoms with van der Waals surface area (Å²) in [6.07, 6.45) is 2.64. The molecule has 1 aliphatic rings. The Balaban J connectivity index is 1.27. The SMILES string of the molecule is O=C(NCc1cnc(-c2ccc(OCCCBr)cc2)s1)c1ccc2c(c1)NC(=O)c1ccccc1S2(=O)=O. The van der Waals surface area contributed by atoms with Crippen molar-refractivity contribution in [2.45, 2.75) is 22.8 Å². The number of amides is 2. The molecule has 0 bridgehead atoms. The molecule has 2 N–H and O–H groups in total. The van der Waals surface area contributed by atoms with Crippen LogP contribution < -0.4 is 15.4 Å². The summed E-state index contributed by atoms with van der Waals surface area (Å²) in [5.41, 5.74) is 1.31. The van der Waals surface area contributed by atoms with Gasteiger partial charge in [0.1, 0.15) is 10.8 Å². The van der Waals surface area contributed by atoms with Crippen LogP contribution in [-0.2, 0) is 16.4 Å². The number of carbonyl (C=O) groups is 2. The minimum atomic E-state index is -3.93. The van der Waals surface area contributed by atoms with Crippen LogP contribution in [0.4, 0.5) is 5.69 Å². The van der Waals surface area contributed by atoms with Crippen LogP contribution in [0.2, 0.25) is 0 Å². The predicted octanol–water partition coefficient (Wildman–Crippen LogP) is 5.30. The smallest absolute Gasteiger partial charge is 0.257 e. The largest absolute Gasteiger partial charge is 0.494 e. The first-order valence-electron chi connectivity index (χ1n) is 11.7. The van der Waals surface area contributed by atoms with Gasteiger partial charge in [-0.1, -0.05) is 28.1 Å². The van der Waals surface area contributed by atoms with Crippen LogP contribution in [0.3, 0.4) is 0 Å². The molecule has 0 saturated carbocycles. The number of ether oxygens (including phenoxy) is 1. The number of nitrogens with one attached hydrogen (secondary N) is 2. The van der Waals surface area contributed by atoms with E-state index >= 15 is 0 Å². The van der Waals surface area contributed by atoms with Crippen LogP contribution in [0, 0.1) is 0 Å². The number of sulfone groups is 1. The summed E-state index contributed by atoms with van der Waals surface area (Å²) in [5.74, 6) is -0.148. The molecule has 3 aromatic carbocycles. The average Bonchev–Trinajstić information content (AvgIpc) is 3.38. The van der Waals surface area contributed by atoms with Crippen molar-refractivity contribution in [1.29, 1.82) is 0 Å². The first-order chi connectivity index (χ1) is 18.4. The molecule has 1 aromatic heterocycles. The van der Waals surface area contributed by atoms with E-state index in [1.165, 1.54) is 41.7 Å². The first-order valence-corrected chi connectivity index (χ1v) is 15.1. The van der Waals surface area contributed by atoms with E-state index in [0.29, 0.717) is 6.61 Å². The standard InChI is InChI=1S/C27H22BrN3O5S2/c28-12-3-13-36-19-9-6-17(7-10-19)27-30-16-20(37-27)15-29-25(32)18-8-11-24-22(14-18)31-26(33)21-4-1-2-5-23(21)38(24,34)35/h1-2,4-11,14,16H,3,12-13,15H2,(H,29,32)(H,31,33). The van der Waals surface area contributed by atoms with Crippen LogP contribution in [-0.4, -0.2) is 37.2 Å². The Bertz CT molecular complexity index is 1620. The molecule has 2 amide bonds. The molecule has 0 aliphatic carbocycles. The maximum Gasteiger partial charge on any atom is 0.257 e. The van der Waals surface area contributed by atoms with Gasteiger partial charge in [0.15, 0.2) is 0 Å². The van der Waals surface area contributed by atoms with Crippen molar-refractivity contribution in [2.75, 3.05) is 17.3 Å². The zero-order chi connectivity index (χ0) is 26.7. The zero-order valence-electron chi connectivity index (χ0n) is 19.9. The number of fused-ring (bicyclic) bond motifs is 2. The number of carbonyl (C=O) groups excluding carboxylic acids is 2. The molecular weight excluding hydrogens is 590 g/mol. The van der Waals surface area contributed by atoms with E-state index in [4.69, 9.17) is 4.74 Å². The lowest BCUT2D eigenvalue weighted by Gasteiger charge is -2.10. The molecule has 5 rings (SSSR count). The fourth-order valence-corrected chi connectivity index (χ4v) is 6.61. The third kappa shape index (κ3) is 5.35. The summed E-state index contributed by atoms with van der Waals surface area (Å²) in [6.45, 7) is 0.892. The van der Waals surface area contributed by atoms with Gasteiger partial charge in [0.2, 0.25) is 9.84 Å². The number of alkyl halides is 1. The molecule has 194 valence electrons. The Kier molecular flexibility index (Phi) is 7.59. The molecule has 0 saturated heterocycles. The van der Waals surface area contributed by atoms with Crippen LogP contribution in [0.1, 0.15) is 32.0 Å². The van der Waals surface area contributed by atoms with Gasteiger partial charge >= 0.3 is 0 Å². The van der Waals surface area contributed by atoms with E-state index in [9.17, 15) is 18.0 Å². The number of aromatic nitrogens is 1. The number of hydrogen-bond acceptors (Lipinski definition) is 7. The second-order valence-electron chi connectivity index (χ2n) is 8.39. The Labute approximate surface area is 232 Å². The number of thiazole rings is 1. The molecule has 0 unspecified atom stereocenters. The highest BCUT2D eigenvalue weighted by Crippen LogP contribution is 2.34. The molecule has 1 aliphatic heterocycles. The van der Waals surface area contributed by atoms with Gasteiger partial charge in [-0.15, -0.1) is 11.3 Å². The maximum absolute atomic E-state index is 13.1. The van der Waals surface area contributed by atoms with Gasteiger partial charge < -0.3 is 15.4 Å². The van der Waals surface area contributed by atoms with Gasteiger partial charge in [-0.05, 0) is 61.0 Å². The van der Waals surface area contributed by atoms with Crippen molar-refractivity contribution in [1.82, 2.24) is 10.3 Å². The molecule has 11 heteroatoms. The number of anilines is 1. The Morgan fingerprint density at radius 3 is 2.63 bits per heavy atom. The molecule has 8 nitrogen and oxygen atoms in total. The molecule has 0 spiro atoms. The van der Waals surface area contributed by atoms with Crippen molar-refractivity contribution < 1.29 is 22.7 Å². The molecule has 0 atom stereocenters. The fourth-order valence-electron chi connectivity index (χ4n) is 3.93. The average molecular weight is 613 g/mol. The quantitative estimate of drug-likeness (QED) is 0.206. The fraction of sp³-hybridized carbons (Fsp3) is 0.148. The third-order valence-corrected chi connectivity index (χ3v) is 9.30. The summed E-state index contributed by atoms with van der Waals surface area (Å²) in [6, 6.07) is 17.9. The van der Waals surface area contributed by atoms with Crippen molar-refractivity contribution in [3.63, 3.8) is 0 Å². The molecule has 0 fully saturated rings. The number of benzene rings is 3. The minimum absolute atomic E-state index is 0.0565. The number of halogens is 1. The Morgan fingerprint density at radius 1 is 1.05 bits per heavy atom. The van der Waals surface area contributed by atoms with Gasteiger partial charge in [-0.2, -0.15) is 0 Å². The van der Waals surface area contributed by atoms with Crippen molar-refractivity contribution in [3.8, 4) is 16.3 Å². The van der Waals surface area contributed by atoms with Crippen molar-refractivity contribution in [2.24, 2.45) is 0 Å². The Hall–Kier alpha value is -3.54. The van der Waals surface area contributed by atoms with Crippen LogP contribution in [0.5, 0.6) is 5.75 Å². The Morgan fingerprint density at radius 2 is 1.84 bits per heavy atom. The summed E-state index contributed by atoms with van der Waals surface area (Å²) in [7, 11) is -3.93. The number of nitrogens with zero attached hydrogens (tertiary/aromatic N) is 1. The summed E-state index contributed by atoms with van der Waals surface area (Å²) >= 11 is 4.84. The monoisotopic (exact) mass is 611 g/mol. The highest BCUT2D eigenvalue weighted by molar-refractivity contribution is 9.09. The molecule has 0 radical (unpaired) electrons. The van der Waals surface area contributed by atoms with E-state index < -0.39 is 21.7 Å². The van der Waals surface area contributed by atoms with E-state index in [1.807, 2.05) is 24.3 Å². The zero-order valence-corrected chi connectivity index (χ0v) is 23.2. The lowest BCUT2D eigenvalue weighted by atomic mass is 10.1. The van der Waals surface area contributed by atoms with E-state index in [1.54, 1.807) is 18.3 Å². The topological polar surface area (TPSA) is 114 Å². The first kappa shape index (κ1) is 26.1. The van der Waals surface area contributed by atoms with E-state index in [0.717, 1.165) is 32.9 Å². The summed E-state index contributed by atoms with van der Waals surface area (Å²) < 4.78 is 32.0. The number of rotatable bonds is 8. The normalized spacial score (nSPS) is 13.6. The highest BCUT2D eigenvalue weighted by Gasteiger charge is 2.31. The summed E-state index contributed by atoms with van der Waals surface area (Å²) in [4.78, 5) is 30.7. The van der Waals surface area contributed by atoms with Crippen molar-refractivity contribution in [3.05, 3.63) is 88.9 Å². The third-order valence-electron chi connectivity index (χ3n) is 5.83. The number of hydrogen-bond donors (Lipinski definition) is 2. The van der Waals surface area contributed by atoms with Gasteiger partial charge in [0, 0.05) is 27.5 Å². The van der Waals surface area contributed by atoms with E-state index in [-0.39, 0.29) is 33.2 Å². The van der Waals surface area contributed by atoms with Crippen LogP contribution in [0.25, 0.3) is 10.6 Å². The maximum atomic E-state index is 13.1. The second kappa shape index (κ2) is 11.1. The highest BCUT2D eigenvalue weighted by atomic mass is 79.9. The predicted molar refractivity (Wildman–Crippen MR) is 149 cm³/mol. The molecular formula is C27H22BrN3O5S2. The van der Waals surface area contributed by atoms with Gasteiger partial charge in [-0.3, -0.25) is 9.59 Å². The van der Waals surface area contributed by atoms with Gasteiger partial charge in [-0.25, -0.2) is 13.4 Å². The molecule has 2 heterocycles. The minimum Gasteiger partial charge on any atom is -0.494 e. The lowest BCUT2D eigenvalue weighted by molar-refractivity contribution is 0.0949. The van der Waals surface area contributed by atoms with Crippen LogP contribution in [0.15, 0.2) is 82.7 Å². The molecule has 4 aromatic rings. The van der Waals surface area contributed by atoms with Crippen LogP contribution >= 0.6 is 27.3 Å². The lowest BCUT2D eigenvalue weighted by Crippen LogP contribution is -2.22. The van der Waals surface area contributed by atoms with Gasteiger partial charge in [0.05, 0.1) is 34.2 Å². The van der Waals surface area contributed by atoms with Gasteiger partial charge in [0.25, 0.3) is 11.8 Å². The second-order valence-corrected chi connectivity index (χ2v) is 12.2. The summed E-state index contributed by atoms with van der Waals surface area (Å²) in [5, 5.41) is 7.17. The van der Waals surface area contributed by atoms with Crippen molar-refractivity contribution >= 4 is 54.6 Å².